The minimum Gasteiger partial charge on any atom is -0.760 e. The number of ether oxygens (including phenoxy) is 1. The minimum absolute atomic E-state index is 0.123. The Labute approximate surface area is 180 Å². The summed E-state index contributed by atoms with van der Waals surface area (Å²) in [5.41, 5.74) is -0.0357. The molecule has 0 aliphatic carbocycles. The van der Waals surface area contributed by atoms with Gasteiger partial charge >= 0.3 is 12.1 Å². The average molecular weight is 463 g/mol. The summed E-state index contributed by atoms with van der Waals surface area (Å²) in [4.78, 5) is 11.9. The number of carbonyl (C=O) groups is 1. The highest BCUT2D eigenvalue weighted by Gasteiger charge is 2.30. The second kappa shape index (κ2) is 9.47. The lowest BCUT2D eigenvalue weighted by molar-refractivity contribution is -0.155. The Morgan fingerprint density at radius 2 is 1.73 bits per heavy atom. The molecule has 10 heteroatoms. The normalized spacial score (nSPS) is 13.4. The zero-order valence-corrected chi connectivity index (χ0v) is 18.0. The molecule has 1 atom stereocenters. The van der Waals surface area contributed by atoms with Crippen LogP contribution in [0, 0.1) is 0 Å². The number of hydrogen-bond acceptors (Lipinski definition) is 4. The largest absolute Gasteiger partial charge is 0.760 e. The van der Waals surface area contributed by atoms with Crippen molar-refractivity contribution < 1.29 is 31.5 Å². The molecule has 0 N–H and O–H groups in total. The van der Waals surface area contributed by atoms with Crippen molar-refractivity contribution in [1.82, 2.24) is 4.31 Å². The van der Waals surface area contributed by atoms with Gasteiger partial charge in [0, 0.05) is 28.4 Å². The van der Waals surface area contributed by atoms with Crippen molar-refractivity contribution in [3.05, 3.63) is 58.6 Å². The lowest BCUT2D eigenvalue weighted by Crippen LogP contribution is -2.35. The predicted molar refractivity (Wildman–Crippen MR) is 107 cm³/mol. The number of esters is 1. The summed E-state index contributed by atoms with van der Waals surface area (Å²) in [5.74, 6) is -0.695. The number of rotatable bonds is 6. The second-order valence-electron chi connectivity index (χ2n) is 7.49. The molecule has 2 aromatic rings. The van der Waals surface area contributed by atoms with E-state index >= 15 is 0 Å². The van der Waals surface area contributed by atoms with Crippen LogP contribution in [-0.2, 0) is 33.5 Å². The number of halogens is 4. The van der Waals surface area contributed by atoms with Crippen molar-refractivity contribution in [1.29, 1.82) is 0 Å². The van der Waals surface area contributed by atoms with Crippen LogP contribution in [-0.4, -0.2) is 31.2 Å². The van der Waals surface area contributed by atoms with Gasteiger partial charge < -0.3 is 9.29 Å². The van der Waals surface area contributed by atoms with Gasteiger partial charge in [0.05, 0.1) is 5.56 Å². The first-order valence-electron chi connectivity index (χ1n) is 8.78. The van der Waals surface area contributed by atoms with E-state index in [9.17, 15) is 26.7 Å². The zero-order valence-electron chi connectivity index (χ0n) is 16.5. The highest BCUT2D eigenvalue weighted by molar-refractivity contribution is 7.76. The SMILES string of the molecule is CC(C)(C)OC(=O)CN(Cc1ccc(-c2ccc(C(F)(F)F)cc2)c(Cl)c1)S(=O)[O-]. The predicted octanol–water partition coefficient (Wildman–Crippen LogP) is 4.96. The molecule has 0 aliphatic heterocycles. The maximum Gasteiger partial charge on any atom is 0.416 e. The van der Waals surface area contributed by atoms with E-state index in [0.29, 0.717) is 16.7 Å². The topological polar surface area (TPSA) is 69.7 Å². The van der Waals surface area contributed by atoms with Gasteiger partial charge in [0.25, 0.3) is 0 Å². The molecule has 0 fully saturated rings. The van der Waals surface area contributed by atoms with E-state index in [1.807, 2.05) is 0 Å². The molecule has 0 amide bonds. The smallest absolute Gasteiger partial charge is 0.416 e. The summed E-state index contributed by atoms with van der Waals surface area (Å²) >= 11 is 3.58. The van der Waals surface area contributed by atoms with Crippen molar-refractivity contribution in [2.24, 2.45) is 0 Å². The molecule has 0 saturated heterocycles. The molecule has 0 bridgehead atoms. The molecule has 0 saturated carbocycles. The Bertz CT molecular complexity index is 927. The summed E-state index contributed by atoms with van der Waals surface area (Å²) in [6, 6.07) is 9.22. The van der Waals surface area contributed by atoms with Gasteiger partial charge in [0.2, 0.25) is 0 Å². The molecule has 164 valence electrons. The summed E-state index contributed by atoms with van der Waals surface area (Å²) < 4.78 is 67.1. The van der Waals surface area contributed by atoms with Crippen molar-refractivity contribution in [2.45, 2.75) is 39.1 Å². The van der Waals surface area contributed by atoms with Crippen LogP contribution in [0.15, 0.2) is 42.5 Å². The fraction of sp³-hybridized carbons (Fsp3) is 0.350. The van der Waals surface area contributed by atoms with Crippen LogP contribution >= 0.6 is 11.6 Å². The molecule has 0 aromatic heterocycles. The zero-order chi connectivity index (χ0) is 22.7. The quantitative estimate of drug-likeness (QED) is 0.449. The lowest BCUT2D eigenvalue weighted by Gasteiger charge is -2.26. The lowest BCUT2D eigenvalue weighted by atomic mass is 10.0. The van der Waals surface area contributed by atoms with Crippen molar-refractivity contribution in [3.8, 4) is 11.1 Å². The third kappa shape index (κ3) is 7.09. The molecular formula is C20H20ClF3NO4S-. The maximum absolute atomic E-state index is 12.7. The molecule has 0 radical (unpaired) electrons. The average Bonchev–Trinajstić information content (AvgIpc) is 2.59. The summed E-state index contributed by atoms with van der Waals surface area (Å²) in [6.07, 6.45) is -4.43. The van der Waals surface area contributed by atoms with Gasteiger partial charge in [-0.05, 0) is 50.1 Å². The Hall–Kier alpha value is -1.94. The molecule has 0 aliphatic rings. The van der Waals surface area contributed by atoms with Crippen LogP contribution in [0.5, 0.6) is 0 Å². The van der Waals surface area contributed by atoms with Gasteiger partial charge in [-0.2, -0.15) is 13.2 Å². The Morgan fingerprint density at radius 1 is 1.13 bits per heavy atom. The van der Waals surface area contributed by atoms with E-state index in [1.54, 1.807) is 32.9 Å². The molecule has 0 spiro atoms. The van der Waals surface area contributed by atoms with E-state index < -0.39 is 41.1 Å². The first-order chi connectivity index (χ1) is 13.8. The van der Waals surface area contributed by atoms with Gasteiger partial charge in [-0.15, -0.1) is 0 Å². The fourth-order valence-electron chi connectivity index (χ4n) is 2.61. The number of nitrogens with zero attached hydrogens (tertiary/aromatic N) is 1. The second-order valence-corrected chi connectivity index (χ2v) is 8.85. The summed E-state index contributed by atoms with van der Waals surface area (Å²) in [6.45, 7) is 4.42. The van der Waals surface area contributed by atoms with Crippen LogP contribution in [0.25, 0.3) is 11.1 Å². The molecule has 0 heterocycles. The van der Waals surface area contributed by atoms with Crippen molar-refractivity contribution in [2.75, 3.05) is 6.54 Å². The number of carbonyl (C=O) groups excluding carboxylic acids is 1. The standard InChI is InChI=1S/C20H21ClF3NO4S/c1-19(2,3)29-18(26)12-25(30(27)28)11-13-4-9-16(17(21)10-13)14-5-7-15(8-6-14)20(22,23)24/h4-10H,11-12H2,1-3H3,(H,27,28)/p-1. The molecule has 30 heavy (non-hydrogen) atoms. The maximum atomic E-state index is 12.7. The first-order valence-corrected chi connectivity index (χ1v) is 10.2. The summed E-state index contributed by atoms with van der Waals surface area (Å²) in [7, 11) is 0. The number of alkyl halides is 3. The molecule has 2 aromatic carbocycles. The molecular weight excluding hydrogens is 443 g/mol. The van der Waals surface area contributed by atoms with Gasteiger partial charge in [-0.25, -0.2) is 4.31 Å². The van der Waals surface area contributed by atoms with Gasteiger partial charge in [-0.3, -0.25) is 9.00 Å². The Morgan fingerprint density at radius 3 is 2.20 bits per heavy atom. The molecule has 1 unspecified atom stereocenters. The number of benzene rings is 2. The van der Waals surface area contributed by atoms with E-state index in [2.05, 4.69) is 0 Å². The van der Waals surface area contributed by atoms with Crippen LogP contribution in [0.2, 0.25) is 5.02 Å². The first kappa shape index (κ1) is 24.3. The highest BCUT2D eigenvalue weighted by atomic mass is 35.5. The van der Waals surface area contributed by atoms with Crippen LogP contribution in [0.1, 0.15) is 31.9 Å². The van der Waals surface area contributed by atoms with E-state index in [1.165, 1.54) is 18.2 Å². The minimum atomic E-state index is -4.43. The third-order valence-electron chi connectivity index (χ3n) is 3.85. The van der Waals surface area contributed by atoms with Crippen LogP contribution in [0.4, 0.5) is 13.2 Å². The monoisotopic (exact) mass is 462 g/mol. The van der Waals surface area contributed by atoms with Gasteiger partial charge in [-0.1, -0.05) is 35.9 Å². The highest BCUT2D eigenvalue weighted by Crippen LogP contribution is 2.33. The van der Waals surface area contributed by atoms with Gasteiger partial charge in [0.15, 0.2) is 0 Å². The fourth-order valence-corrected chi connectivity index (χ4v) is 3.39. The van der Waals surface area contributed by atoms with Crippen LogP contribution in [0.3, 0.4) is 0 Å². The number of hydrogen-bond donors (Lipinski definition) is 0. The molecule has 5 nitrogen and oxygen atoms in total. The molecule has 2 rings (SSSR count). The van der Waals surface area contributed by atoms with E-state index in [4.69, 9.17) is 16.3 Å². The van der Waals surface area contributed by atoms with E-state index in [-0.39, 0.29) is 11.6 Å². The van der Waals surface area contributed by atoms with Crippen molar-refractivity contribution in [3.63, 3.8) is 0 Å². The summed E-state index contributed by atoms with van der Waals surface area (Å²) in [5, 5.41) is 0.237. The van der Waals surface area contributed by atoms with E-state index in [0.717, 1.165) is 16.4 Å². The third-order valence-corrected chi connectivity index (χ3v) is 4.84. The van der Waals surface area contributed by atoms with Crippen LogP contribution < -0.4 is 0 Å². The Balaban J connectivity index is 2.17. The van der Waals surface area contributed by atoms with Crippen molar-refractivity contribution >= 4 is 28.8 Å². The Kier molecular flexibility index (Phi) is 7.68. The van der Waals surface area contributed by atoms with Gasteiger partial charge in [0.1, 0.15) is 12.1 Å².